The number of nitrogens with zero attached hydrogens (tertiary/aromatic N) is 2. The van der Waals surface area contributed by atoms with Crippen LogP contribution in [-0.4, -0.2) is 9.78 Å². The molecule has 0 atom stereocenters. The fourth-order valence-electron chi connectivity index (χ4n) is 1.58. The summed E-state index contributed by atoms with van der Waals surface area (Å²) in [5.41, 5.74) is 8.17. The molecule has 0 aliphatic heterocycles. The minimum absolute atomic E-state index is 0.293. The minimum Gasteiger partial charge on any atom is -0.383 e. The number of anilines is 1. The molecule has 0 unspecified atom stereocenters. The number of hydrogen-bond donors (Lipinski definition) is 1. The molecule has 1 aromatic heterocycles. The number of benzene rings is 1. The Morgan fingerprint density at radius 1 is 1.38 bits per heavy atom. The summed E-state index contributed by atoms with van der Waals surface area (Å²) < 4.78 is 15.5. The lowest BCUT2D eigenvalue weighted by molar-refractivity contribution is 0.620. The van der Waals surface area contributed by atoms with Crippen LogP contribution in [0.25, 0.3) is 11.1 Å². The molecule has 16 heavy (non-hydrogen) atoms. The predicted molar refractivity (Wildman–Crippen MR) is 65.5 cm³/mol. The SMILES string of the molecule is Cc1cc(F)c(Br)c(-c2cnn(C)c2N)c1. The molecule has 2 rings (SSSR count). The highest BCUT2D eigenvalue weighted by Gasteiger charge is 2.14. The monoisotopic (exact) mass is 283 g/mol. The third-order valence-corrected chi connectivity index (χ3v) is 3.25. The molecule has 0 amide bonds. The first kappa shape index (κ1) is 11.1. The van der Waals surface area contributed by atoms with Crippen molar-refractivity contribution in [3.63, 3.8) is 0 Å². The van der Waals surface area contributed by atoms with E-state index in [4.69, 9.17) is 5.73 Å². The normalized spacial score (nSPS) is 10.8. The largest absolute Gasteiger partial charge is 0.383 e. The Morgan fingerprint density at radius 3 is 2.62 bits per heavy atom. The first-order valence-corrected chi connectivity index (χ1v) is 5.53. The van der Waals surface area contributed by atoms with Crippen LogP contribution in [0.15, 0.2) is 22.8 Å². The number of rotatable bonds is 1. The molecule has 2 N–H and O–H groups in total. The Balaban J connectivity index is 2.69. The van der Waals surface area contributed by atoms with E-state index in [9.17, 15) is 4.39 Å². The van der Waals surface area contributed by atoms with Crippen LogP contribution in [0.4, 0.5) is 10.2 Å². The van der Waals surface area contributed by atoms with E-state index in [0.717, 1.165) is 16.7 Å². The van der Waals surface area contributed by atoms with E-state index >= 15 is 0 Å². The zero-order chi connectivity index (χ0) is 11.9. The van der Waals surface area contributed by atoms with Crippen molar-refractivity contribution in [1.82, 2.24) is 9.78 Å². The molecule has 5 heteroatoms. The van der Waals surface area contributed by atoms with E-state index in [2.05, 4.69) is 21.0 Å². The van der Waals surface area contributed by atoms with Crippen molar-refractivity contribution in [2.45, 2.75) is 6.92 Å². The van der Waals surface area contributed by atoms with Crippen LogP contribution < -0.4 is 5.73 Å². The average molecular weight is 284 g/mol. The summed E-state index contributed by atoms with van der Waals surface area (Å²) >= 11 is 3.23. The predicted octanol–water partition coefficient (Wildman–Crippen LogP) is 2.88. The molecule has 0 bridgehead atoms. The molecular formula is C11H11BrFN3. The lowest BCUT2D eigenvalue weighted by Crippen LogP contribution is -1.98. The summed E-state index contributed by atoms with van der Waals surface area (Å²) in [7, 11) is 1.75. The Bertz CT molecular complexity index is 548. The van der Waals surface area contributed by atoms with Gasteiger partial charge >= 0.3 is 0 Å². The fourth-order valence-corrected chi connectivity index (χ4v) is 2.02. The lowest BCUT2D eigenvalue weighted by Gasteiger charge is -2.06. The fraction of sp³-hybridized carbons (Fsp3) is 0.182. The van der Waals surface area contributed by atoms with Crippen molar-refractivity contribution in [3.8, 4) is 11.1 Å². The zero-order valence-corrected chi connectivity index (χ0v) is 10.5. The third-order valence-electron chi connectivity index (χ3n) is 2.45. The van der Waals surface area contributed by atoms with E-state index in [1.807, 2.05) is 13.0 Å². The van der Waals surface area contributed by atoms with Gasteiger partial charge in [-0.1, -0.05) is 0 Å². The molecule has 0 spiro atoms. The Hall–Kier alpha value is -1.36. The van der Waals surface area contributed by atoms with Gasteiger partial charge in [-0.15, -0.1) is 0 Å². The highest BCUT2D eigenvalue weighted by atomic mass is 79.9. The second-order valence-corrected chi connectivity index (χ2v) is 4.47. The summed E-state index contributed by atoms with van der Waals surface area (Å²) in [6, 6.07) is 3.35. The van der Waals surface area contributed by atoms with Crippen LogP contribution in [-0.2, 0) is 7.05 Å². The van der Waals surface area contributed by atoms with E-state index in [-0.39, 0.29) is 5.82 Å². The summed E-state index contributed by atoms with van der Waals surface area (Å²) in [5, 5.41) is 4.04. The number of aryl methyl sites for hydroxylation is 2. The van der Waals surface area contributed by atoms with Gasteiger partial charge in [-0.2, -0.15) is 5.10 Å². The van der Waals surface area contributed by atoms with Crippen molar-refractivity contribution in [2.24, 2.45) is 7.05 Å². The Kier molecular flexibility index (Phi) is 2.71. The van der Waals surface area contributed by atoms with E-state index in [0.29, 0.717) is 10.3 Å². The highest BCUT2D eigenvalue weighted by Crippen LogP contribution is 2.34. The van der Waals surface area contributed by atoms with Gasteiger partial charge in [-0.25, -0.2) is 4.39 Å². The van der Waals surface area contributed by atoms with Crippen LogP contribution in [0.5, 0.6) is 0 Å². The second-order valence-electron chi connectivity index (χ2n) is 3.68. The van der Waals surface area contributed by atoms with Crippen LogP contribution in [0.1, 0.15) is 5.56 Å². The molecular weight excluding hydrogens is 273 g/mol. The smallest absolute Gasteiger partial charge is 0.138 e. The third kappa shape index (κ3) is 1.71. The van der Waals surface area contributed by atoms with Gasteiger partial charge in [0.2, 0.25) is 0 Å². The molecule has 0 saturated carbocycles. The van der Waals surface area contributed by atoms with Gasteiger partial charge in [0.25, 0.3) is 0 Å². The maximum Gasteiger partial charge on any atom is 0.138 e. The molecule has 0 aliphatic rings. The van der Waals surface area contributed by atoms with Crippen molar-refractivity contribution < 1.29 is 4.39 Å². The number of nitrogen functional groups attached to an aromatic ring is 1. The minimum atomic E-state index is -0.293. The van der Waals surface area contributed by atoms with Gasteiger partial charge in [-0.05, 0) is 40.5 Å². The van der Waals surface area contributed by atoms with Gasteiger partial charge < -0.3 is 5.73 Å². The lowest BCUT2D eigenvalue weighted by atomic mass is 10.1. The zero-order valence-electron chi connectivity index (χ0n) is 8.96. The summed E-state index contributed by atoms with van der Waals surface area (Å²) in [6.45, 7) is 1.84. The molecule has 84 valence electrons. The Morgan fingerprint density at radius 2 is 2.06 bits per heavy atom. The summed E-state index contributed by atoms with van der Waals surface area (Å²) in [4.78, 5) is 0. The molecule has 1 heterocycles. The van der Waals surface area contributed by atoms with Crippen LogP contribution in [0, 0.1) is 12.7 Å². The summed E-state index contributed by atoms with van der Waals surface area (Å²) in [5.74, 6) is 0.226. The number of halogens is 2. The van der Waals surface area contributed by atoms with Crippen molar-refractivity contribution in [2.75, 3.05) is 5.73 Å². The van der Waals surface area contributed by atoms with Crippen molar-refractivity contribution in [3.05, 3.63) is 34.2 Å². The van der Waals surface area contributed by atoms with E-state index in [1.165, 1.54) is 6.07 Å². The van der Waals surface area contributed by atoms with Crippen molar-refractivity contribution >= 4 is 21.7 Å². The average Bonchev–Trinajstić information content (AvgIpc) is 2.54. The first-order chi connectivity index (χ1) is 7.50. The molecule has 1 aromatic carbocycles. The molecule has 0 aliphatic carbocycles. The topological polar surface area (TPSA) is 43.8 Å². The first-order valence-electron chi connectivity index (χ1n) is 4.74. The van der Waals surface area contributed by atoms with Gasteiger partial charge in [0, 0.05) is 18.2 Å². The quantitative estimate of drug-likeness (QED) is 0.875. The van der Waals surface area contributed by atoms with Gasteiger partial charge in [0.1, 0.15) is 11.6 Å². The van der Waals surface area contributed by atoms with Gasteiger partial charge in [-0.3, -0.25) is 4.68 Å². The molecule has 3 nitrogen and oxygen atoms in total. The van der Waals surface area contributed by atoms with Crippen LogP contribution in [0.3, 0.4) is 0 Å². The van der Waals surface area contributed by atoms with Crippen molar-refractivity contribution in [1.29, 1.82) is 0 Å². The van der Waals surface area contributed by atoms with Gasteiger partial charge in [0.05, 0.1) is 10.7 Å². The highest BCUT2D eigenvalue weighted by molar-refractivity contribution is 9.10. The maximum atomic E-state index is 13.5. The molecule has 0 fully saturated rings. The number of nitrogens with two attached hydrogens (primary N) is 1. The van der Waals surface area contributed by atoms with E-state index < -0.39 is 0 Å². The molecule has 2 aromatic rings. The van der Waals surface area contributed by atoms with E-state index in [1.54, 1.807) is 17.9 Å². The molecule has 0 saturated heterocycles. The molecule has 0 radical (unpaired) electrons. The maximum absolute atomic E-state index is 13.5. The number of hydrogen-bond acceptors (Lipinski definition) is 2. The van der Waals surface area contributed by atoms with Gasteiger partial charge in [0.15, 0.2) is 0 Å². The summed E-state index contributed by atoms with van der Waals surface area (Å²) in [6.07, 6.45) is 1.63. The Labute approximate surface area is 101 Å². The van der Waals surface area contributed by atoms with Crippen LogP contribution in [0.2, 0.25) is 0 Å². The number of aromatic nitrogens is 2. The standard InChI is InChI=1S/C11H11BrFN3/c1-6-3-7(10(12)9(13)4-6)8-5-15-16(2)11(8)14/h3-5H,14H2,1-2H3. The van der Waals surface area contributed by atoms with Crippen LogP contribution >= 0.6 is 15.9 Å². The second kappa shape index (κ2) is 3.90.